The van der Waals surface area contributed by atoms with Crippen molar-refractivity contribution in [2.75, 3.05) is 0 Å². The average molecular weight is 599 g/mol. The molecule has 0 saturated carbocycles. The maximum atomic E-state index is 13.6. The molecule has 6 rings (SSSR count). The highest BCUT2D eigenvalue weighted by Gasteiger charge is 2.17. The van der Waals surface area contributed by atoms with Gasteiger partial charge in [-0.1, -0.05) is 69.5 Å². The number of aryl methyl sites for hydroxylation is 1. The average Bonchev–Trinajstić information content (AvgIpc) is 3.36. The van der Waals surface area contributed by atoms with E-state index in [9.17, 15) is 4.79 Å². The highest BCUT2D eigenvalue weighted by atomic mass is 79.9. The molecule has 2 aromatic heterocycles. The van der Waals surface area contributed by atoms with Crippen molar-refractivity contribution in [3.05, 3.63) is 128 Å². The normalized spacial score (nSPS) is 11.6. The van der Waals surface area contributed by atoms with E-state index in [0.29, 0.717) is 45.2 Å². The van der Waals surface area contributed by atoms with Crippen LogP contribution in [0.25, 0.3) is 33.5 Å². The van der Waals surface area contributed by atoms with Crippen molar-refractivity contribution in [1.29, 1.82) is 0 Å². The molecule has 39 heavy (non-hydrogen) atoms. The molecule has 6 aromatic rings. The lowest BCUT2D eigenvalue weighted by atomic mass is 10.1. The van der Waals surface area contributed by atoms with Crippen molar-refractivity contribution in [3.63, 3.8) is 0 Å². The molecular weight excluding hydrogens is 578 g/mol. The molecular formula is C31H21BrClN3O3. The molecule has 0 saturated heterocycles. The van der Waals surface area contributed by atoms with E-state index in [-0.39, 0.29) is 11.4 Å². The smallest absolute Gasteiger partial charge is 0.282 e. The van der Waals surface area contributed by atoms with Gasteiger partial charge in [0.15, 0.2) is 5.76 Å². The summed E-state index contributed by atoms with van der Waals surface area (Å²) >= 11 is 9.70. The molecule has 0 atom stereocenters. The fourth-order valence-electron chi connectivity index (χ4n) is 4.23. The van der Waals surface area contributed by atoms with Crippen LogP contribution in [0.1, 0.15) is 16.7 Å². The Bertz CT molecular complexity index is 1930. The van der Waals surface area contributed by atoms with Gasteiger partial charge in [0.1, 0.15) is 17.9 Å². The number of hydrogen-bond donors (Lipinski definition) is 0. The minimum atomic E-state index is -0.317. The number of hydrogen-bond acceptors (Lipinski definition) is 5. The summed E-state index contributed by atoms with van der Waals surface area (Å²) in [7, 11) is 0. The number of furan rings is 1. The zero-order valence-electron chi connectivity index (χ0n) is 20.8. The number of nitrogens with zero attached hydrogens (tertiary/aromatic N) is 3. The number of para-hydroxylation sites is 1. The van der Waals surface area contributed by atoms with E-state index in [1.54, 1.807) is 48.7 Å². The molecule has 0 spiro atoms. The first-order valence-corrected chi connectivity index (χ1v) is 13.4. The highest BCUT2D eigenvalue weighted by molar-refractivity contribution is 9.10. The number of fused-ring (bicyclic) bond motifs is 2. The summed E-state index contributed by atoms with van der Waals surface area (Å²) in [4.78, 5) is 18.4. The van der Waals surface area contributed by atoms with Crippen LogP contribution in [0, 0.1) is 6.92 Å². The van der Waals surface area contributed by atoms with Crippen molar-refractivity contribution in [2.24, 2.45) is 5.10 Å². The monoisotopic (exact) mass is 597 g/mol. The number of aromatic nitrogens is 2. The van der Waals surface area contributed by atoms with Gasteiger partial charge in [0.25, 0.3) is 5.56 Å². The van der Waals surface area contributed by atoms with Gasteiger partial charge in [-0.05, 0) is 67.1 Å². The largest absolute Gasteiger partial charge is 0.488 e. The van der Waals surface area contributed by atoms with Gasteiger partial charge in [-0.2, -0.15) is 9.78 Å². The standard InChI is InChI=1S/C31H21BrClN3O3/c1-19-6-8-20(9-7-19)18-38-27-12-10-23(32)14-22(27)17-34-36-30(35-26-5-3-2-4-25(26)31(36)37)29-16-21-15-24(33)11-13-28(21)39-29/h2-17H,18H2,1H3. The summed E-state index contributed by atoms with van der Waals surface area (Å²) in [5.74, 6) is 1.31. The van der Waals surface area contributed by atoms with E-state index in [0.717, 1.165) is 15.4 Å². The van der Waals surface area contributed by atoms with Crippen molar-refractivity contribution >= 4 is 55.6 Å². The number of ether oxygens (including phenoxy) is 1. The number of benzene rings is 4. The van der Waals surface area contributed by atoms with Crippen LogP contribution in [0.15, 0.2) is 110 Å². The zero-order valence-corrected chi connectivity index (χ0v) is 23.1. The first-order chi connectivity index (χ1) is 18.9. The van der Waals surface area contributed by atoms with Gasteiger partial charge in [0.2, 0.25) is 5.82 Å². The van der Waals surface area contributed by atoms with Crippen molar-refractivity contribution in [3.8, 4) is 17.3 Å². The molecule has 0 aliphatic heterocycles. The van der Waals surface area contributed by atoms with E-state index in [4.69, 9.17) is 25.7 Å². The molecule has 0 aliphatic rings. The minimum Gasteiger partial charge on any atom is -0.488 e. The Balaban J connectivity index is 1.44. The third-order valence-electron chi connectivity index (χ3n) is 6.25. The molecule has 0 radical (unpaired) electrons. The Hall–Kier alpha value is -4.20. The molecule has 0 N–H and O–H groups in total. The van der Waals surface area contributed by atoms with Crippen LogP contribution < -0.4 is 10.3 Å². The van der Waals surface area contributed by atoms with E-state index < -0.39 is 0 Å². The van der Waals surface area contributed by atoms with Gasteiger partial charge >= 0.3 is 0 Å². The lowest BCUT2D eigenvalue weighted by molar-refractivity contribution is 0.305. The summed E-state index contributed by atoms with van der Waals surface area (Å²) in [5, 5.41) is 6.42. The first kappa shape index (κ1) is 25.1. The summed E-state index contributed by atoms with van der Waals surface area (Å²) in [6.07, 6.45) is 1.59. The zero-order chi connectivity index (χ0) is 26.9. The van der Waals surface area contributed by atoms with Gasteiger partial charge in [-0.25, -0.2) is 4.98 Å². The molecule has 6 nitrogen and oxygen atoms in total. The minimum absolute atomic E-state index is 0.277. The van der Waals surface area contributed by atoms with Crippen LogP contribution in [0.2, 0.25) is 5.02 Å². The van der Waals surface area contributed by atoms with Gasteiger partial charge in [0.05, 0.1) is 17.1 Å². The summed E-state index contributed by atoms with van der Waals surface area (Å²) in [5.41, 5.74) is 3.79. The molecule has 192 valence electrons. The van der Waals surface area contributed by atoms with Crippen LogP contribution in [0.5, 0.6) is 5.75 Å². The molecule has 0 unspecified atom stereocenters. The molecule has 8 heteroatoms. The lowest BCUT2D eigenvalue weighted by Gasteiger charge is -2.11. The van der Waals surface area contributed by atoms with E-state index in [2.05, 4.69) is 33.2 Å². The molecule has 0 aliphatic carbocycles. The van der Waals surface area contributed by atoms with Gasteiger partial charge in [-0.15, -0.1) is 0 Å². The highest BCUT2D eigenvalue weighted by Crippen LogP contribution is 2.29. The molecule has 0 fully saturated rings. The maximum absolute atomic E-state index is 13.6. The van der Waals surface area contributed by atoms with Crippen LogP contribution in [-0.4, -0.2) is 15.9 Å². The SMILES string of the molecule is Cc1ccc(COc2ccc(Br)cc2C=Nn2c(-c3cc4cc(Cl)ccc4o3)nc3ccccc3c2=O)cc1. The first-order valence-electron chi connectivity index (χ1n) is 12.2. The van der Waals surface area contributed by atoms with Gasteiger partial charge in [0, 0.05) is 20.4 Å². The lowest BCUT2D eigenvalue weighted by Crippen LogP contribution is -2.20. The second kappa shape index (κ2) is 10.5. The molecule has 0 bridgehead atoms. The third-order valence-corrected chi connectivity index (χ3v) is 6.98. The quantitative estimate of drug-likeness (QED) is 0.182. The second-order valence-electron chi connectivity index (χ2n) is 9.06. The third kappa shape index (κ3) is 5.24. The Morgan fingerprint density at radius 2 is 1.85 bits per heavy atom. The summed E-state index contributed by atoms with van der Waals surface area (Å²) < 4.78 is 14.3. The number of rotatable bonds is 6. The maximum Gasteiger partial charge on any atom is 0.282 e. The fraction of sp³-hybridized carbons (Fsp3) is 0.0645. The van der Waals surface area contributed by atoms with Crippen molar-refractivity contribution < 1.29 is 9.15 Å². The second-order valence-corrected chi connectivity index (χ2v) is 10.4. The predicted molar refractivity (Wildman–Crippen MR) is 159 cm³/mol. The Kier molecular flexibility index (Phi) is 6.77. The van der Waals surface area contributed by atoms with E-state index in [1.165, 1.54) is 10.2 Å². The van der Waals surface area contributed by atoms with Gasteiger partial charge in [-0.3, -0.25) is 4.79 Å². The Morgan fingerprint density at radius 1 is 1.03 bits per heavy atom. The molecule has 4 aromatic carbocycles. The van der Waals surface area contributed by atoms with Crippen molar-refractivity contribution in [2.45, 2.75) is 13.5 Å². The Morgan fingerprint density at radius 3 is 2.69 bits per heavy atom. The predicted octanol–water partition coefficient (Wildman–Crippen LogP) is 8.00. The topological polar surface area (TPSA) is 69.6 Å². The Labute approximate surface area is 237 Å². The van der Waals surface area contributed by atoms with Crippen LogP contribution in [0.3, 0.4) is 0 Å². The summed E-state index contributed by atoms with van der Waals surface area (Å²) in [6, 6.07) is 28.1. The fourth-order valence-corrected chi connectivity index (χ4v) is 4.79. The molecule has 0 amide bonds. The number of halogens is 2. The van der Waals surface area contributed by atoms with E-state index >= 15 is 0 Å². The van der Waals surface area contributed by atoms with Crippen LogP contribution in [0.4, 0.5) is 0 Å². The van der Waals surface area contributed by atoms with Crippen LogP contribution in [-0.2, 0) is 6.61 Å². The van der Waals surface area contributed by atoms with Crippen LogP contribution >= 0.6 is 27.5 Å². The van der Waals surface area contributed by atoms with Crippen molar-refractivity contribution in [1.82, 2.24) is 9.66 Å². The molecule has 2 heterocycles. The summed E-state index contributed by atoms with van der Waals surface area (Å²) in [6.45, 7) is 2.44. The van der Waals surface area contributed by atoms with E-state index in [1.807, 2.05) is 43.3 Å². The van der Waals surface area contributed by atoms with Gasteiger partial charge < -0.3 is 9.15 Å².